The largest absolute Gasteiger partial charge is 0.462 e. The third-order valence-corrected chi connectivity index (χ3v) is 5.61. The molecular formula is C22H20N2O4S2. The van der Waals surface area contributed by atoms with Crippen LogP contribution >= 0.6 is 24.0 Å². The van der Waals surface area contributed by atoms with Crippen LogP contribution in [-0.2, 0) is 14.3 Å². The van der Waals surface area contributed by atoms with E-state index in [0.717, 1.165) is 11.1 Å². The first-order chi connectivity index (χ1) is 14.4. The Kier molecular flexibility index (Phi) is 7.02. The lowest BCUT2D eigenvalue weighted by Crippen LogP contribution is -2.36. The van der Waals surface area contributed by atoms with Gasteiger partial charge in [0.2, 0.25) is 5.91 Å². The van der Waals surface area contributed by atoms with Crippen LogP contribution in [-0.4, -0.2) is 40.2 Å². The van der Waals surface area contributed by atoms with E-state index in [1.807, 2.05) is 31.2 Å². The lowest BCUT2D eigenvalue weighted by molar-refractivity contribution is -0.126. The van der Waals surface area contributed by atoms with Crippen molar-refractivity contribution >= 4 is 57.8 Å². The maximum absolute atomic E-state index is 12.7. The molecule has 0 aromatic heterocycles. The fourth-order valence-electron chi connectivity index (χ4n) is 2.70. The van der Waals surface area contributed by atoms with Gasteiger partial charge in [0, 0.05) is 5.69 Å². The molecule has 30 heavy (non-hydrogen) atoms. The third kappa shape index (κ3) is 5.34. The molecule has 0 unspecified atom stereocenters. The van der Waals surface area contributed by atoms with Crippen LogP contribution in [0.5, 0.6) is 0 Å². The number of thiocarbonyl (C=S) groups is 1. The van der Waals surface area contributed by atoms with Gasteiger partial charge in [-0.3, -0.25) is 14.5 Å². The van der Waals surface area contributed by atoms with Crippen molar-refractivity contribution in [1.29, 1.82) is 0 Å². The van der Waals surface area contributed by atoms with Gasteiger partial charge in [-0.25, -0.2) is 4.79 Å². The quantitative estimate of drug-likeness (QED) is 0.416. The van der Waals surface area contributed by atoms with E-state index in [-0.39, 0.29) is 18.4 Å². The van der Waals surface area contributed by atoms with E-state index in [0.29, 0.717) is 27.1 Å². The standard InChI is InChI=1S/C22H20N2O4S2/c1-3-28-21(27)16-8-10-17(11-9-16)23-19(25)13-24-20(26)18(30-22(24)29)12-15-6-4-14(2)5-7-15/h4-12H,3,13H2,1-2H3,(H,23,25)/b18-12-. The van der Waals surface area contributed by atoms with Crippen LogP contribution in [0.1, 0.15) is 28.4 Å². The highest BCUT2D eigenvalue weighted by Gasteiger charge is 2.33. The number of amides is 2. The highest BCUT2D eigenvalue weighted by atomic mass is 32.2. The second-order valence-electron chi connectivity index (χ2n) is 6.52. The summed E-state index contributed by atoms with van der Waals surface area (Å²) < 4.78 is 5.27. The molecule has 0 saturated carbocycles. The van der Waals surface area contributed by atoms with Crippen LogP contribution in [0.15, 0.2) is 53.4 Å². The normalized spacial score (nSPS) is 14.9. The Labute approximate surface area is 184 Å². The van der Waals surface area contributed by atoms with E-state index in [9.17, 15) is 14.4 Å². The number of ether oxygens (including phenoxy) is 1. The Hall–Kier alpha value is -2.97. The second kappa shape index (κ2) is 9.69. The number of rotatable bonds is 6. The zero-order valence-corrected chi connectivity index (χ0v) is 18.1. The summed E-state index contributed by atoms with van der Waals surface area (Å²) >= 11 is 6.46. The predicted octanol–water partition coefficient (Wildman–Crippen LogP) is 4.01. The minimum atomic E-state index is -0.423. The summed E-state index contributed by atoms with van der Waals surface area (Å²) in [6.07, 6.45) is 1.77. The molecule has 1 N–H and O–H groups in total. The van der Waals surface area contributed by atoms with Crippen molar-refractivity contribution in [2.75, 3.05) is 18.5 Å². The molecule has 154 valence electrons. The van der Waals surface area contributed by atoms with Crippen molar-refractivity contribution in [3.63, 3.8) is 0 Å². The molecule has 2 aromatic rings. The molecule has 8 heteroatoms. The summed E-state index contributed by atoms with van der Waals surface area (Å²) in [6, 6.07) is 14.1. The maximum Gasteiger partial charge on any atom is 0.338 e. The monoisotopic (exact) mass is 440 g/mol. The predicted molar refractivity (Wildman–Crippen MR) is 122 cm³/mol. The average Bonchev–Trinajstić information content (AvgIpc) is 2.98. The molecule has 0 radical (unpaired) electrons. The van der Waals surface area contributed by atoms with Gasteiger partial charge >= 0.3 is 5.97 Å². The Morgan fingerprint density at radius 3 is 2.43 bits per heavy atom. The summed E-state index contributed by atoms with van der Waals surface area (Å²) in [6.45, 7) is 3.83. The highest BCUT2D eigenvalue weighted by molar-refractivity contribution is 8.26. The number of carbonyl (C=O) groups is 3. The number of hydrogen-bond donors (Lipinski definition) is 1. The molecule has 1 heterocycles. The summed E-state index contributed by atoms with van der Waals surface area (Å²) in [5, 5.41) is 2.71. The van der Waals surface area contributed by atoms with Gasteiger partial charge in [0.05, 0.1) is 17.1 Å². The lowest BCUT2D eigenvalue weighted by Gasteiger charge is -2.14. The van der Waals surface area contributed by atoms with Gasteiger partial charge in [-0.2, -0.15) is 0 Å². The molecule has 2 amide bonds. The van der Waals surface area contributed by atoms with Crippen molar-refractivity contribution in [2.45, 2.75) is 13.8 Å². The fourth-order valence-corrected chi connectivity index (χ4v) is 3.95. The number of esters is 1. The molecule has 1 fully saturated rings. The molecule has 1 aliphatic rings. The van der Waals surface area contributed by atoms with Crippen molar-refractivity contribution in [3.05, 3.63) is 70.1 Å². The maximum atomic E-state index is 12.7. The number of thioether (sulfide) groups is 1. The summed E-state index contributed by atoms with van der Waals surface area (Å²) in [5.74, 6) is -1.10. The van der Waals surface area contributed by atoms with Crippen molar-refractivity contribution in [1.82, 2.24) is 4.90 Å². The van der Waals surface area contributed by atoms with E-state index in [4.69, 9.17) is 17.0 Å². The molecule has 0 bridgehead atoms. The van der Waals surface area contributed by atoms with Gasteiger partial charge < -0.3 is 10.1 Å². The number of hydrogen-bond acceptors (Lipinski definition) is 6. The summed E-state index contributed by atoms with van der Waals surface area (Å²) in [7, 11) is 0. The average molecular weight is 441 g/mol. The number of benzene rings is 2. The Morgan fingerprint density at radius 2 is 1.80 bits per heavy atom. The van der Waals surface area contributed by atoms with Gasteiger partial charge in [-0.1, -0.05) is 53.8 Å². The number of nitrogens with one attached hydrogen (secondary N) is 1. The van der Waals surface area contributed by atoms with Gasteiger partial charge in [0.25, 0.3) is 5.91 Å². The van der Waals surface area contributed by atoms with Crippen LogP contribution in [0.4, 0.5) is 5.69 Å². The molecular weight excluding hydrogens is 420 g/mol. The summed E-state index contributed by atoms with van der Waals surface area (Å²) in [4.78, 5) is 38.5. The smallest absolute Gasteiger partial charge is 0.338 e. The van der Waals surface area contributed by atoms with Gasteiger partial charge in [0.1, 0.15) is 10.9 Å². The van der Waals surface area contributed by atoms with Crippen LogP contribution < -0.4 is 5.32 Å². The first-order valence-corrected chi connectivity index (χ1v) is 10.5. The number of nitrogens with zero attached hydrogens (tertiary/aromatic N) is 1. The van der Waals surface area contributed by atoms with E-state index in [1.165, 1.54) is 16.7 Å². The van der Waals surface area contributed by atoms with E-state index >= 15 is 0 Å². The third-order valence-electron chi connectivity index (χ3n) is 4.23. The molecule has 1 saturated heterocycles. The van der Waals surface area contributed by atoms with Crippen LogP contribution in [0.25, 0.3) is 6.08 Å². The molecule has 3 rings (SSSR count). The SMILES string of the molecule is CCOC(=O)c1ccc(NC(=O)CN2C(=O)/C(=C/c3ccc(C)cc3)SC2=S)cc1. The van der Waals surface area contributed by atoms with E-state index in [2.05, 4.69) is 5.32 Å². The minimum absolute atomic E-state index is 0.185. The van der Waals surface area contributed by atoms with E-state index < -0.39 is 5.97 Å². The van der Waals surface area contributed by atoms with Crippen molar-refractivity contribution in [3.8, 4) is 0 Å². The van der Waals surface area contributed by atoms with Crippen LogP contribution in [0.3, 0.4) is 0 Å². The highest BCUT2D eigenvalue weighted by Crippen LogP contribution is 2.32. The van der Waals surface area contributed by atoms with Crippen molar-refractivity contribution in [2.24, 2.45) is 0 Å². The van der Waals surface area contributed by atoms with E-state index in [1.54, 1.807) is 37.3 Å². The fraction of sp³-hybridized carbons (Fsp3) is 0.182. The Bertz CT molecular complexity index is 1010. The van der Waals surface area contributed by atoms with Crippen molar-refractivity contribution < 1.29 is 19.1 Å². The zero-order chi connectivity index (χ0) is 21.7. The first kappa shape index (κ1) is 21.7. The number of aryl methyl sites for hydroxylation is 1. The summed E-state index contributed by atoms with van der Waals surface area (Å²) in [5.41, 5.74) is 2.93. The molecule has 0 aliphatic carbocycles. The molecule has 2 aromatic carbocycles. The number of anilines is 1. The lowest BCUT2D eigenvalue weighted by atomic mass is 10.1. The second-order valence-corrected chi connectivity index (χ2v) is 8.20. The molecule has 6 nitrogen and oxygen atoms in total. The number of carbonyl (C=O) groups excluding carboxylic acids is 3. The van der Waals surface area contributed by atoms with Crippen LogP contribution in [0, 0.1) is 6.92 Å². The Balaban J connectivity index is 1.62. The molecule has 1 aliphatic heterocycles. The topological polar surface area (TPSA) is 75.7 Å². The van der Waals surface area contributed by atoms with Crippen LogP contribution in [0.2, 0.25) is 0 Å². The van der Waals surface area contributed by atoms with Gasteiger partial charge in [-0.05, 0) is 49.8 Å². The molecule has 0 spiro atoms. The van der Waals surface area contributed by atoms with Gasteiger partial charge in [-0.15, -0.1) is 0 Å². The van der Waals surface area contributed by atoms with Gasteiger partial charge in [0.15, 0.2) is 0 Å². The Morgan fingerprint density at radius 1 is 1.13 bits per heavy atom. The zero-order valence-electron chi connectivity index (χ0n) is 16.5. The molecule has 0 atom stereocenters. The first-order valence-electron chi connectivity index (χ1n) is 9.26. The minimum Gasteiger partial charge on any atom is -0.462 e.